The van der Waals surface area contributed by atoms with Crippen LogP contribution in [0.25, 0.3) is 0 Å². The number of rotatable bonds is 6. The molecule has 1 N–H and O–H groups in total. The highest BCUT2D eigenvalue weighted by atomic mass is 19.1. The van der Waals surface area contributed by atoms with E-state index < -0.39 is 0 Å². The lowest BCUT2D eigenvalue weighted by atomic mass is 10.1. The summed E-state index contributed by atoms with van der Waals surface area (Å²) in [5, 5.41) is 2.87. The molecular formula is C18H19FN2O3. The maximum absolute atomic E-state index is 12.9. The first-order chi connectivity index (χ1) is 11.7. The Hall–Kier alpha value is -2.47. The molecule has 1 aliphatic heterocycles. The molecule has 0 spiro atoms. The van der Waals surface area contributed by atoms with Crippen molar-refractivity contribution in [1.29, 1.82) is 0 Å². The fraction of sp³-hybridized carbons (Fsp3) is 0.333. The van der Waals surface area contributed by atoms with Gasteiger partial charge in [0, 0.05) is 25.4 Å². The SMILES string of the molecule is O=C(CC1CCCO1)NCc1ccnc(Oc2ccc(F)cc2)c1. The van der Waals surface area contributed by atoms with Crippen LogP contribution in [0.5, 0.6) is 11.6 Å². The van der Waals surface area contributed by atoms with Crippen molar-refractivity contribution >= 4 is 5.91 Å². The predicted molar refractivity (Wildman–Crippen MR) is 86.1 cm³/mol. The summed E-state index contributed by atoms with van der Waals surface area (Å²) in [4.78, 5) is 16.0. The number of halogens is 1. The summed E-state index contributed by atoms with van der Waals surface area (Å²) in [5.41, 5.74) is 0.878. The molecule has 0 radical (unpaired) electrons. The standard InChI is InChI=1S/C18H19FN2O3/c19-14-3-5-15(6-4-14)24-18-10-13(7-8-20-18)12-21-17(22)11-16-2-1-9-23-16/h3-8,10,16H,1-2,9,11-12H2,(H,21,22). The minimum atomic E-state index is -0.321. The molecule has 3 rings (SSSR count). The van der Waals surface area contributed by atoms with Crippen molar-refractivity contribution in [2.75, 3.05) is 6.61 Å². The van der Waals surface area contributed by atoms with Crippen molar-refractivity contribution < 1.29 is 18.7 Å². The van der Waals surface area contributed by atoms with Crippen molar-refractivity contribution in [2.24, 2.45) is 0 Å². The number of hydrogen-bond acceptors (Lipinski definition) is 4. The van der Waals surface area contributed by atoms with Gasteiger partial charge >= 0.3 is 0 Å². The minimum Gasteiger partial charge on any atom is -0.439 e. The number of pyridine rings is 1. The van der Waals surface area contributed by atoms with Crippen LogP contribution >= 0.6 is 0 Å². The summed E-state index contributed by atoms with van der Waals surface area (Å²) in [5.74, 6) is 0.550. The second kappa shape index (κ2) is 7.88. The monoisotopic (exact) mass is 330 g/mol. The zero-order valence-corrected chi connectivity index (χ0v) is 13.2. The van der Waals surface area contributed by atoms with Crippen LogP contribution in [0.2, 0.25) is 0 Å². The number of amides is 1. The lowest BCUT2D eigenvalue weighted by molar-refractivity contribution is -0.123. The minimum absolute atomic E-state index is 0.0280. The molecular weight excluding hydrogens is 311 g/mol. The van der Waals surface area contributed by atoms with E-state index in [1.54, 1.807) is 12.3 Å². The molecule has 1 aromatic carbocycles. The Kier molecular flexibility index (Phi) is 5.38. The van der Waals surface area contributed by atoms with Crippen LogP contribution in [0.4, 0.5) is 4.39 Å². The van der Waals surface area contributed by atoms with Gasteiger partial charge in [-0.25, -0.2) is 9.37 Å². The summed E-state index contributed by atoms with van der Waals surface area (Å²) >= 11 is 0. The second-order valence-electron chi connectivity index (χ2n) is 5.67. The van der Waals surface area contributed by atoms with E-state index in [-0.39, 0.29) is 17.8 Å². The van der Waals surface area contributed by atoms with Gasteiger partial charge in [-0.3, -0.25) is 4.79 Å². The topological polar surface area (TPSA) is 60.5 Å². The van der Waals surface area contributed by atoms with Crippen LogP contribution in [-0.4, -0.2) is 23.6 Å². The molecule has 0 saturated carbocycles. The summed E-state index contributed by atoms with van der Waals surface area (Å²) in [6, 6.07) is 9.27. The quantitative estimate of drug-likeness (QED) is 0.883. The normalized spacial score (nSPS) is 16.8. The van der Waals surface area contributed by atoms with Gasteiger partial charge in [0.15, 0.2) is 0 Å². The Labute approximate surface area is 139 Å². The molecule has 2 aromatic rings. The third-order valence-electron chi connectivity index (χ3n) is 3.76. The molecule has 1 atom stereocenters. The van der Waals surface area contributed by atoms with E-state index in [1.165, 1.54) is 24.3 Å². The van der Waals surface area contributed by atoms with Gasteiger partial charge in [0.25, 0.3) is 0 Å². The van der Waals surface area contributed by atoms with Gasteiger partial charge in [-0.15, -0.1) is 0 Å². The van der Waals surface area contributed by atoms with Gasteiger partial charge in [-0.05, 0) is 48.7 Å². The Morgan fingerprint density at radius 2 is 2.17 bits per heavy atom. The highest BCUT2D eigenvalue weighted by Crippen LogP contribution is 2.20. The molecule has 1 aromatic heterocycles. The van der Waals surface area contributed by atoms with Crippen molar-refractivity contribution in [2.45, 2.75) is 31.9 Å². The van der Waals surface area contributed by atoms with Crippen LogP contribution in [-0.2, 0) is 16.1 Å². The highest BCUT2D eigenvalue weighted by Gasteiger charge is 2.18. The first-order valence-electron chi connectivity index (χ1n) is 7.96. The molecule has 0 bridgehead atoms. The average Bonchev–Trinajstić information content (AvgIpc) is 3.08. The molecule has 1 amide bonds. The Morgan fingerprint density at radius 3 is 2.92 bits per heavy atom. The Bertz CT molecular complexity index is 685. The molecule has 6 heteroatoms. The zero-order chi connectivity index (χ0) is 16.8. The predicted octanol–water partition coefficient (Wildman–Crippen LogP) is 3.20. The fourth-order valence-electron chi connectivity index (χ4n) is 2.52. The van der Waals surface area contributed by atoms with Gasteiger partial charge in [-0.1, -0.05) is 0 Å². The Morgan fingerprint density at radius 1 is 1.33 bits per heavy atom. The number of nitrogens with one attached hydrogen (secondary N) is 1. The van der Waals surface area contributed by atoms with Crippen molar-refractivity contribution in [3.63, 3.8) is 0 Å². The maximum atomic E-state index is 12.9. The molecule has 24 heavy (non-hydrogen) atoms. The van der Waals surface area contributed by atoms with E-state index in [0.29, 0.717) is 24.6 Å². The van der Waals surface area contributed by atoms with E-state index in [0.717, 1.165) is 25.0 Å². The highest BCUT2D eigenvalue weighted by molar-refractivity contribution is 5.76. The molecule has 1 unspecified atom stereocenters. The molecule has 0 aliphatic carbocycles. The molecule has 126 valence electrons. The van der Waals surface area contributed by atoms with Crippen LogP contribution in [0.1, 0.15) is 24.8 Å². The number of carbonyl (C=O) groups excluding carboxylic acids is 1. The van der Waals surface area contributed by atoms with E-state index in [2.05, 4.69) is 10.3 Å². The molecule has 5 nitrogen and oxygen atoms in total. The lowest BCUT2D eigenvalue weighted by Gasteiger charge is -2.10. The Balaban J connectivity index is 1.52. The zero-order valence-electron chi connectivity index (χ0n) is 13.2. The van der Waals surface area contributed by atoms with Crippen LogP contribution < -0.4 is 10.1 Å². The smallest absolute Gasteiger partial charge is 0.222 e. The van der Waals surface area contributed by atoms with E-state index >= 15 is 0 Å². The first kappa shape index (κ1) is 16.4. The van der Waals surface area contributed by atoms with Gasteiger partial charge in [0.1, 0.15) is 11.6 Å². The number of ether oxygens (including phenoxy) is 2. The van der Waals surface area contributed by atoms with Crippen LogP contribution in [0.3, 0.4) is 0 Å². The average molecular weight is 330 g/mol. The number of nitrogens with zero attached hydrogens (tertiary/aromatic N) is 1. The number of hydrogen-bond donors (Lipinski definition) is 1. The number of benzene rings is 1. The number of carbonyl (C=O) groups is 1. The summed E-state index contributed by atoms with van der Waals surface area (Å²) in [6.45, 7) is 1.14. The van der Waals surface area contributed by atoms with Gasteiger partial charge < -0.3 is 14.8 Å². The summed E-state index contributed by atoms with van der Waals surface area (Å²) in [7, 11) is 0. The fourth-order valence-corrected chi connectivity index (χ4v) is 2.52. The van der Waals surface area contributed by atoms with Crippen molar-refractivity contribution in [1.82, 2.24) is 10.3 Å². The van der Waals surface area contributed by atoms with Crippen molar-refractivity contribution in [3.05, 3.63) is 54.0 Å². The van der Waals surface area contributed by atoms with Gasteiger partial charge in [0.2, 0.25) is 11.8 Å². The van der Waals surface area contributed by atoms with Gasteiger partial charge in [-0.2, -0.15) is 0 Å². The molecule has 2 heterocycles. The summed E-state index contributed by atoms with van der Waals surface area (Å²) in [6.07, 6.45) is 4.01. The number of aromatic nitrogens is 1. The van der Waals surface area contributed by atoms with E-state index in [1.807, 2.05) is 6.07 Å². The third-order valence-corrected chi connectivity index (χ3v) is 3.76. The van der Waals surface area contributed by atoms with Crippen LogP contribution in [0, 0.1) is 5.82 Å². The van der Waals surface area contributed by atoms with Crippen LogP contribution in [0.15, 0.2) is 42.6 Å². The second-order valence-corrected chi connectivity index (χ2v) is 5.67. The largest absolute Gasteiger partial charge is 0.439 e. The van der Waals surface area contributed by atoms with Crippen molar-refractivity contribution in [3.8, 4) is 11.6 Å². The van der Waals surface area contributed by atoms with E-state index in [4.69, 9.17) is 9.47 Å². The molecule has 1 aliphatic rings. The van der Waals surface area contributed by atoms with E-state index in [9.17, 15) is 9.18 Å². The third kappa shape index (κ3) is 4.76. The molecule has 1 fully saturated rings. The lowest BCUT2D eigenvalue weighted by Crippen LogP contribution is -2.26. The maximum Gasteiger partial charge on any atom is 0.222 e. The first-order valence-corrected chi connectivity index (χ1v) is 7.96. The molecule has 1 saturated heterocycles. The van der Waals surface area contributed by atoms with Gasteiger partial charge in [0.05, 0.1) is 12.5 Å². The summed E-state index contributed by atoms with van der Waals surface area (Å²) < 4.78 is 23.9.